The summed E-state index contributed by atoms with van der Waals surface area (Å²) in [6.45, 7) is 5.83. The molecule has 0 saturated heterocycles. The molecule has 106 valence electrons. The Balaban J connectivity index is 3.19. The van der Waals surface area contributed by atoms with Gasteiger partial charge in [-0.1, -0.05) is 0 Å². The number of hydrogen-bond donors (Lipinski definition) is 2. The molecule has 0 saturated carbocycles. The Labute approximate surface area is 110 Å². The summed E-state index contributed by atoms with van der Waals surface area (Å²) in [6.07, 6.45) is -4.46. The van der Waals surface area contributed by atoms with Crippen molar-refractivity contribution in [1.82, 2.24) is 5.32 Å². The summed E-state index contributed by atoms with van der Waals surface area (Å²) in [5, 5.41) is 5.47. The summed E-state index contributed by atoms with van der Waals surface area (Å²) in [4.78, 5) is 11.9. The molecule has 0 bridgehead atoms. The zero-order valence-electron chi connectivity index (χ0n) is 11.1. The van der Waals surface area contributed by atoms with Crippen LogP contribution in [0.2, 0.25) is 0 Å². The summed E-state index contributed by atoms with van der Waals surface area (Å²) in [7, 11) is 0. The van der Waals surface area contributed by atoms with E-state index in [9.17, 15) is 18.0 Å². The molecule has 1 aromatic carbocycles. The van der Waals surface area contributed by atoms with E-state index >= 15 is 0 Å². The first-order chi connectivity index (χ1) is 8.75. The Morgan fingerprint density at radius 1 is 1.32 bits per heavy atom. The summed E-state index contributed by atoms with van der Waals surface area (Å²) in [5.74, 6) is -0.517. The van der Waals surface area contributed by atoms with Gasteiger partial charge in [0.05, 0.1) is 11.1 Å². The third kappa shape index (κ3) is 4.15. The number of alkyl halides is 3. The molecule has 0 radical (unpaired) electrons. The Morgan fingerprint density at radius 3 is 2.42 bits per heavy atom. The van der Waals surface area contributed by atoms with Crippen LogP contribution >= 0.6 is 0 Å². The standard InChI is InChI=1S/C13H17F3N2O/c1-4-17-11-6-5-9(13(14,15)16)7-10(11)12(19)18-8(2)3/h5-8,17H,4H2,1-3H3,(H,18,19). The number of halogens is 3. The first-order valence-electron chi connectivity index (χ1n) is 6.01. The van der Waals surface area contributed by atoms with Crippen molar-refractivity contribution >= 4 is 11.6 Å². The normalized spacial score (nSPS) is 11.5. The van der Waals surface area contributed by atoms with Crippen LogP contribution in [0.4, 0.5) is 18.9 Å². The van der Waals surface area contributed by atoms with E-state index in [1.807, 2.05) is 6.92 Å². The van der Waals surface area contributed by atoms with Gasteiger partial charge in [0, 0.05) is 18.3 Å². The summed E-state index contributed by atoms with van der Waals surface area (Å²) in [6, 6.07) is 2.97. The van der Waals surface area contributed by atoms with Gasteiger partial charge in [-0.15, -0.1) is 0 Å². The monoisotopic (exact) mass is 274 g/mol. The number of carbonyl (C=O) groups excluding carboxylic acids is 1. The van der Waals surface area contributed by atoms with Gasteiger partial charge in [0.2, 0.25) is 0 Å². The van der Waals surface area contributed by atoms with Crippen LogP contribution in [-0.2, 0) is 6.18 Å². The zero-order chi connectivity index (χ0) is 14.6. The molecule has 0 unspecified atom stereocenters. The zero-order valence-corrected chi connectivity index (χ0v) is 11.1. The molecule has 1 amide bonds. The maximum Gasteiger partial charge on any atom is 0.416 e. The smallest absolute Gasteiger partial charge is 0.385 e. The predicted octanol–water partition coefficient (Wildman–Crippen LogP) is 3.28. The highest BCUT2D eigenvalue weighted by Gasteiger charge is 2.31. The van der Waals surface area contributed by atoms with E-state index in [1.54, 1.807) is 13.8 Å². The highest BCUT2D eigenvalue weighted by molar-refractivity contribution is 6.00. The van der Waals surface area contributed by atoms with Crippen molar-refractivity contribution in [3.8, 4) is 0 Å². The van der Waals surface area contributed by atoms with E-state index in [1.165, 1.54) is 6.07 Å². The molecular weight excluding hydrogens is 257 g/mol. The van der Waals surface area contributed by atoms with Crippen LogP contribution in [0.3, 0.4) is 0 Å². The molecule has 0 spiro atoms. The fraction of sp³-hybridized carbons (Fsp3) is 0.462. The lowest BCUT2D eigenvalue weighted by Crippen LogP contribution is -2.31. The number of carbonyl (C=O) groups is 1. The SMILES string of the molecule is CCNc1ccc(C(F)(F)F)cc1C(=O)NC(C)C. The van der Waals surface area contributed by atoms with Gasteiger partial charge in [-0.05, 0) is 39.0 Å². The maximum absolute atomic E-state index is 12.7. The lowest BCUT2D eigenvalue weighted by atomic mass is 10.1. The fourth-order valence-electron chi connectivity index (χ4n) is 1.59. The summed E-state index contributed by atoms with van der Waals surface area (Å²) < 4.78 is 38.0. The van der Waals surface area contributed by atoms with E-state index < -0.39 is 17.6 Å². The Hall–Kier alpha value is -1.72. The maximum atomic E-state index is 12.7. The van der Waals surface area contributed by atoms with Crippen molar-refractivity contribution in [2.75, 3.05) is 11.9 Å². The van der Waals surface area contributed by atoms with Crippen molar-refractivity contribution in [3.05, 3.63) is 29.3 Å². The van der Waals surface area contributed by atoms with E-state index in [4.69, 9.17) is 0 Å². The first kappa shape index (κ1) is 15.3. The van der Waals surface area contributed by atoms with Crippen molar-refractivity contribution < 1.29 is 18.0 Å². The van der Waals surface area contributed by atoms with Gasteiger partial charge in [0.15, 0.2) is 0 Å². The van der Waals surface area contributed by atoms with E-state index in [0.717, 1.165) is 12.1 Å². The van der Waals surface area contributed by atoms with Gasteiger partial charge in [-0.25, -0.2) is 0 Å². The highest BCUT2D eigenvalue weighted by Crippen LogP contribution is 2.31. The van der Waals surface area contributed by atoms with Crippen molar-refractivity contribution in [2.24, 2.45) is 0 Å². The molecule has 6 heteroatoms. The molecule has 19 heavy (non-hydrogen) atoms. The van der Waals surface area contributed by atoms with Crippen LogP contribution in [0, 0.1) is 0 Å². The van der Waals surface area contributed by atoms with Gasteiger partial charge in [0.25, 0.3) is 5.91 Å². The lowest BCUT2D eigenvalue weighted by Gasteiger charge is -2.15. The average Bonchev–Trinajstić information content (AvgIpc) is 2.27. The minimum Gasteiger partial charge on any atom is -0.385 e. The van der Waals surface area contributed by atoms with Crippen LogP contribution in [-0.4, -0.2) is 18.5 Å². The molecule has 1 aromatic rings. The summed E-state index contributed by atoms with van der Waals surface area (Å²) >= 11 is 0. The minimum absolute atomic E-state index is 0.00498. The molecule has 0 atom stereocenters. The lowest BCUT2D eigenvalue weighted by molar-refractivity contribution is -0.137. The quantitative estimate of drug-likeness (QED) is 0.884. The van der Waals surface area contributed by atoms with Crippen molar-refractivity contribution in [1.29, 1.82) is 0 Å². The van der Waals surface area contributed by atoms with Crippen LogP contribution < -0.4 is 10.6 Å². The van der Waals surface area contributed by atoms with Crippen LogP contribution in [0.15, 0.2) is 18.2 Å². The molecule has 1 rings (SSSR count). The van der Waals surface area contributed by atoms with Gasteiger partial charge in [-0.2, -0.15) is 13.2 Å². The number of rotatable bonds is 4. The van der Waals surface area contributed by atoms with Gasteiger partial charge < -0.3 is 10.6 Å². The summed E-state index contributed by atoms with van der Waals surface area (Å²) in [5.41, 5.74) is -0.429. The van der Waals surface area contributed by atoms with Gasteiger partial charge >= 0.3 is 6.18 Å². The Morgan fingerprint density at radius 2 is 1.95 bits per heavy atom. The number of anilines is 1. The topological polar surface area (TPSA) is 41.1 Å². The van der Waals surface area contributed by atoms with Crippen molar-refractivity contribution in [3.63, 3.8) is 0 Å². The number of nitrogens with one attached hydrogen (secondary N) is 2. The second-order valence-corrected chi connectivity index (χ2v) is 4.42. The molecule has 0 aromatic heterocycles. The molecular formula is C13H17F3N2O. The van der Waals surface area contributed by atoms with Crippen LogP contribution in [0.1, 0.15) is 36.7 Å². The number of amides is 1. The van der Waals surface area contributed by atoms with Gasteiger partial charge in [-0.3, -0.25) is 4.79 Å². The minimum atomic E-state index is -4.46. The van der Waals surface area contributed by atoms with Crippen molar-refractivity contribution in [2.45, 2.75) is 33.0 Å². The predicted molar refractivity (Wildman–Crippen MR) is 68.2 cm³/mol. The Kier molecular flexibility index (Phi) is 4.80. The molecule has 0 aliphatic rings. The molecule has 0 heterocycles. The van der Waals surface area contributed by atoms with E-state index in [2.05, 4.69) is 10.6 Å². The Bertz CT molecular complexity index is 456. The molecule has 0 aliphatic carbocycles. The third-order valence-corrected chi connectivity index (χ3v) is 2.38. The van der Waals surface area contributed by atoms with Gasteiger partial charge in [0.1, 0.15) is 0 Å². The van der Waals surface area contributed by atoms with E-state index in [-0.39, 0.29) is 11.6 Å². The highest BCUT2D eigenvalue weighted by atomic mass is 19.4. The second kappa shape index (κ2) is 5.95. The van der Waals surface area contributed by atoms with Crippen LogP contribution in [0.25, 0.3) is 0 Å². The largest absolute Gasteiger partial charge is 0.416 e. The second-order valence-electron chi connectivity index (χ2n) is 4.42. The first-order valence-corrected chi connectivity index (χ1v) is 6.01. The molecule has 0 aliphatic heterocycles. The fourth-order valence-corrected chi connectivity index (χ4v) is 1.59. The number of hydrogen-bond acceptors (Lipinski definition) is 2. The number of benzene rings is 1. The molecule has 3 nitrogen and oxygen atoms in total. The third-order valence-electron chi connectivity index (χ3n) is 2.38. The average molecular weight is 274 g/mol. The van der Waals surface area contributed by atoms with E-state index in [0.29, 0.717) is 12.2 Å². The molecule has 0 fully saturated rings. The molecule has 2 N–H and O–H groups in total. The van der Waals surface area contributed by atoms with Crippen LogP contribution in [0.5, 0.6) is 0 Å².